The van der Waals surface area contributed by atoms with E-state index < -0.39 is 23.7 Å². The average molecular weight is 414 g/mol. The molecule has 7 nitrogen and oxygen atoms in total. The summed E-state index contributed by atoms with van der Waals surface area (Å²) >= 11 is 6.18. The van der Waals surface area contributed by atoms with Crippen LogP contribution in [0.5, 0.6) is 0 Å². The van der Waals surface area contributed by atoms with E-state index in [9.17, 15) is 18.0 Å². The third kappa shape index (κ3) is 4.23. The van der Waals surface area contributed by atoms with Gasteiger partial charge in [-0.25, -0.2) is 9.97 Å². The predicted octanol–water partition coefficient (Wildman–Crippen LogP) is 2.79. The van der Waals surface area contributed by atoms with E-state index >= 15 is 0 Å². The number of carbonyl (C=O) groups excluding carboxylic acids is 1. The van der Waals surface area contributed by atoms with Crippen molar-refractivity contribution in [1.82, 2.24) is 19.9 Å². The maximum absolute atomic E-state index is 12.9. The number of anilines is 1. The number of aromatic nitrogens is 3. The first kappa shape index (κ1) is 20.0. The Morgan fingerprint density at radius 3 is 2.75 bits per heavy atom. The molecule has 0 radical (unpaired) electrons. The highest BCUT2D eigenvalue weighted by atomic mass is 35.5. The van der Waals surface area contributed by atoms with Crippen molar-refractivity contribution in [1.29, 1.82) is 0 Å². The highest BCUT2D eigenvalue weighted by Gasteiger charge is 2.41. The summed E-state index contributed by atoms with van der Waals surface area (Å²) in [5.74, 6) is -0.955. The van der Waals surface area contributed by atoms with Gasteiger partial charge in [0, 0.05) is 17.1 Å². The maximum Gasteiger partial charge on any atom is 0.421 e. The van der Waals surface area contributed by atoms with Gasteiger partial charge in [-0.05, 0) is 23.8 Å². The fraction of sp³-hybridized carbons (Fsp3) is 0.294. The molecule has 1 aliphatic rings. The molecule has 2 N–H and O–H groups in total. The summed E-state index contributed by atoms with van der Waals surface area (Å²) in [5, 5.41) is 0.291. The van der Waals surface area contributed by atoms with Crippen molar-refractivity contribution < 1.29 is 22.7 Å². The van der Waals surface area contributed by atoms with E-state index in [2.05, 4.69) is 21.5 Å². The van der Waals surface area contributed by atoms with Gasteiger partial charge in [-0.1, -0.05) is 18.2 Å². The van der Waals surface area contributed by atoms with Crippen LogP contribution in [0.2, 0.25) is 5.02 Å². The fourth-order valence-corrected chi connectivity index (χ4v) is 3.04. The van der Waals surface area contributed by atoms with Gasteiger partial charge in [-0.2, -0.15) is 18.2 Å². The van der Waals surface area contributed by atoms with Crippen LogP contribution in [0.25, 0.3) is 11.4 Å². The van der Waals surface area contributed by atoms with Crippen LogP contribution in [-0.2, 0) is 9.53 Å². The SMILES string of the molecule is C=C(C(=O)N1CCOC[C@H]1c1cc(Cl)cc(-c2ncnc(N)n2)c1)C(F)(F)F. The van der Waals surface area contributed by atoms with Crippen molar-refractivity contribution in [3.8, 4) is 11.4 Å². The third-order valence-electron chi connectivity index (χ3n) is 4.14. The summed E-state index contributed by atoms with van der Waals surface area (Å²) in [6.07, 6.45) is -3.59. The second-order valence-electron chi connectivity index (χ2n) is 6.01. The number of ether oxygens (including phenoxy) is 1. The van der Waals surface area contributed by atoms with Crippen molar-refractivity contribution in [3.05, 3.63) is 47.3 Å². The Morgan fingerprint density at radius 2 is 2.07 bits per heavy atom. The highest BCUT2D eigenvalue weighted by Crippen LogP contribution is 2.33. The minimum Gasteiger partial charge on any atom is -0.377 e. The van der Waals surface area contributed by atoms with Gasteiger partial charge >= 0.3 is 6.18 Å². The average Bonchev–Trinajstić information content (AvgIpc) is 2.65. The molecular formula is C17H15ClF3N5O2. The number of benzene rings is 1. The zero-order chi connectivity index (χ0) is 20.5. The Morgan fingerprint density at radius 1 is 1.32 bits per heavy atom. The molecule has 28 heavy (non-hydrogen) atoms. The molecule has 0 unspecified atom stereocenters. The molecule has 11 heteroatoms. The molecule has 2 aromatic rings. The van der Waals surface area contributed by atoms with Crippen LogP contribution < -0.4 is 5.73 Å². The smallest absolute Gasteiger partial charge is 0.377 e. The van der Waals surface area contributed by atoms with E-state index in [0.29, 0.717) is 16.1 Å². The van der Waals surface area contributed by atoms with Crippen molar-refractivity contribution in [3.63, 3.8) is 0 Å². The number of amides is 1. The lowest BCUT2D eigenvalue weighted by molar-refractivity contribution is -0.147. The number of hydrogen-bond donors (Lipinski definition) is 1. The van der Waals surface area contributed by atoms with Gasteiger partial charge in [0.05, 0.1) is 19.3 Å². The van der Waals surface area contributed by atoms with Crippen LogP contribution in [0.3, 0.4) is 0 Å². The number of hydrogen-bond acceptors (Lipinski definition) is 6. The van der Waals surface area contributed by atoms with E-state index in [-0.39, 0.29) is 31.5 Å². The summed E-state index contributed by atoms with van der Waals surface area (Å²) in [6.45, 7) is 3.01. The van der Waals surface area contributed by atoms with Crippen LogP contribution in [0, 0.1) is 0 Å². The minimum absolute atomic E-state index is 0.00538. The molecule has 1 atom stereocenters. The molecule has 1 aromatic carbocycles. The second-order valence-corrected chi connectivity index (χ2v) is 6.44. The Bertz CT molecular complexity index is 922. The van der Waals surface area contributed by atoms with Crippen LogP contribution in [0.1, 0.15) is 11.6 Å². The van der Waals surface area contributed by atoms with Gasteiger partial charge in [0.2, 0.25) is 5.95 Å². The molecular weight excluding hydrogens is 399 g/mol. The summed E-state index contributed by atoms with van der Waals surface area (Å²) in [5.41, 5.74) is 5.08. The van der Waals surface area contributed by atoms with Gasteiger partial charge in [0.1, 0.15) is 11.9 Å². The number of nitrogen functional groups attached to an aromatic ring is 1. The molecule has 0 aliphatic carbocycles. The third-order valence-corrected chi connectivity index (χ3v) is 4.36. The molecule has 3 rings (SSSR count). The Balaban J connectivity index is 1.98. The summed E-state index contributed by atoms with van der Waals surface area (Å²) < 4.78 is 44.2. The molecule has 0 saturated carbocycles. The van der Waals surface area contributed by atoms with E-state index in [1.807, 2.05) is 0 Å². The van der Waals surface area contributed by atoms with Gasteiger partial charge in [0.15, 0.2) is 5.82 Å². The largest absolute Gasteiger partial charge is 0.421 e. The maximum atomic E-state index is 12.9. The predicted molar refractivity (Wildman–Crippen MR) is 95.2 cm³/mol. The van der Waals surface area contributed by atoms with E-state index in [0.717, 1.165) is 4.90 Å². The topological polar surface area (TPSA) is 94.2 Å². The normalized spacial score (nSPS) is 17.4. The lowest BCUT2D eigenvalue weighted by Gasteiger charge is -2.36. The van der Waals surface area contributed by atoms with E-state index in [4.69, 9.17) is 22.1 Å². The van der Waals surface area contributed by atoms with Gasteiger partial charge in [0.25, 0.3) is 5.91 Å². The summed E-state index contributed by atoms with van der Waals surface area (Å²) in [4.78, 5) is 25.2. The molecule has 0 bridgehead atoms. The minimum atomic E-state index is -4.82. The number of rotatable bonds is 3. The van der Waals surface area contributed by atoms with Crippen molar-refractivity contribution in [2.45, 2.75) is 12.2 Å². The Labute approximate surface area is 163 Å². The summed E-state index contributed by atoms with van der Waals surface area (Å²) in [6, 6.07) is 3.96. The van der Waals surface area contributed by atoms with Crippen LogP contribution >= 0.6 is 11.6 Å². The number of halogens is 4. The lowest BCUT2D eigenvalue weighted by atomic mass is 10.0. The number of alkyl halides is 3. The zero-order valence-corrected chi connectivity index (χ0v) is 15.2. The first-order chi connectivity index (χ1) is 13.2. The number of morpholine rings is 1. The van der Waals surface area contributed by atoms with Crippen molar-refractivity contribution in [2.24, 2.45) is 0 Å². The highest BCUT2D eigenvalue weighted by molar-refractivity contribution is 6.31. The van der Waals surface area contributed by atoms with Crippen LogP contribution in [0.4, 0.5) is 19.1 Å². The Hall–Kier alpha value is -2.72. The zero-order valence-electron chi connectivity index (χ0n) is 14.4. The molecule has 1 saturated heterocycles. The molecule has 2 heterocycles. The van der Waals surface area contributed by atoms with Gasteiger partial charge < -0.3 is 15.4 Å². The molecule has 1 amide bonds. The van der Waals surface area contributed by atoms with Crippen LogP contribution in [-0.4, -0.2) is 51.7 Å². The van der Waals surface area contributed by atoms with Crippen molar-refractivity contribution in [2.75, 3.05) is 25.5 Å². The summed E-state index contributed by atoms with van der Waals surface area (Å²) in [7, 11) is 0. The lowest BCUT2D eigenvalue weighted by Crippen LogP contribution is -2.45. The molecule has 1 aliphatic heterocycles. The number of carbonyl (C=O) groups is 1. The fourth-order valence-electron chi connectivity index (χ4n) is 2.80. The second kappa shape index (κ2) is 7.72. The molecule has 0 spiro atoms. The first-order valence-electron chi connectivity index (χ1n) is 8.07. The number of nitrogens with zero attached hydrogens (tertiary/aromatic N) is 4. The van der Waals surface area contributed by atoms with E-state index in [1.54, 1.807) is 18.2 Å². The van der Waals surface area contributed by atoms with Crippen LogP contribution in [0.15, 0.2) is 36.7 Å². The Kier molecular flexibility index (Phi) is 5.52. The number of nitrogens with two attached hydrogens (primary N) is 1. The van der Waals surface area contributed by atoms with Crippen molar-refractivity contribution >= 4 is 23.5 Å². The van der Waals surface area contributed by atoms with Gasteiger partial charge in [-0.3, -0.25) is 4.79 Å². The van der Waals surface area contributed by atoms with E-state index in [1.165, 1.54) is 6.33 Å². The molecule has 148 valence electrons. The standard InChI is InChI=1S/C17H15ClF3N5O2/c1-9(17(19,20)21)15(27)26-2-3-28-7-13(26)10-4-11(6-12(18)5-10)14-23-8-24-16(22)25-14/h4-6,8,13H,1-3,7H2,(H2,22,23,24,25)/t13-/m0/s1. The quantitative estimate of drug-likeness (QED) is 0.777. The first-order valence-corrected chi connectivity index (χ1v) is 8.45. The molecule has 1 fully saturated rings. The molecule has 1 aromatic heterocycles. The van der Waals surface area contributed by atoms with Gasteiger partial charge in [-0.15, -0.1) is 0 Å². The monoisotopic (exact) mass is 413 g/mol.